The molecule has 0 radical (unpaired) electrons. The molecule has 120 valence electrons. The largest absolute Gasteiger partial charge is 0.321 e. The molecular formula is C13H17ClN4O2S2. The lowest BCUT2D eigenvalue weighted by molar-refractivity contribution is 0.368. The maximum Gasteiger partial charge on any atom is 0.252 e. The average molecular weight is 361 g/mol. The van der Waals surface area contributed by atoms with E-state index in [1.54, 1.807) is 22.8 Å². The van der Waals surface area contributed by atoms with Crippen molar-refractivity contribution < 1.29 is 8.42 Å². The van der Waals surface area contributed by atoms with Gasteiger partial charge in [0.15, 0.2) is 0 Å². The zero-order valence-electron chi connectivity index (χ0n) is 12.1. The van der Waals surface area contributed by atoms with Crippen LogP contribution in [0.1, 0.15) is 25.1 Å². The fourth-order valence-electron chi connectivity index (χ4n) is 2.80. The SMILES string of the molecule is Cn1cnnc1CCC1CCCN1S(=O)(=O)c1ccc(Cl)s1. The van der Waals surface area contributed by atoms with E-state index in [1.807, 2.05) is 11.6 Å². The number of hydrogen-bond donors (Lipinski definition) is 0. The van der Waals surface area contributed by atoms with Gasteiger partial charge in [0.1, 0.15) is 16.4 Å². The number of halogens is 1. The van der Waals surface area contributed by atoms with Gasteiger partial charge in [-0.25, -0.2) is 8.42 Å². The summed E-state index contributed by atoms with van der Waals surface area (Å²) in [4.78, 5) is 0. The summed E-state index contributed by atoms with van der Waals surface area (Å²) in [6.45, 7) is 0.571. The van der Waals surface area contributed by atoms with Crippen molar-refractivity contribution in [3.05, 3.63) is 28.6 Å². The van der Waals surface area contributed by atoms with E-state index in [1.165, 1.54) is 0 Å². The first-order chi connectivity index (χ1) is 10.5. The van der Waals surface area contributed by atoms with Crippen LogP contribution in [0.15, 0.2) is 22.7 Å². The molecule has 2 aromatic rings. The fraction of sp³-hybridized carbons (Fsp3) is 0.538. The van der Waals surface area contributed by atoms with Gasteiger partial charge in [0.25, 0.3) is 10.0 Å². The molecule has 0 aromatic carbocycles. The minimum absolute atomic E-state index is 0.0163. The first-order valence-corrected chi connectivity index (χ1v) is 9.72. The molecule has 22 heavy (non-hydrogen) atoms. The molecule has 0 bridgehead atoms. The molecule has 0 amide bonds. The van der Waals surface area contributed by atoms with Gasteiger partial charge in [0, 0.05) is 26.1 Å². The zero-order valence-corrected chi connectivity index (χ0v) is 14.5. The van der Waals surface area contributed by atoms with Gasteiger partial charge >= 0.3 is 0 Å². The summed E-state index contributed by atoms with van der Waals surface area (Å²) in [6, 6.07) is 3.23. The molecule has 0 N–H and O–H groups in total. The van der Waals surface area contributed by atoms with Crippen molar-refractivity contribution >= 4 is 33.0 Å². The summed E-state index contributed by atoms with van der Waals surface area (Å²) in [6.07, 6.45) is 4.91. The molecular weight excluding hydrogens is 344 g/mol. The second kappa shape index (κ2) is 6.27. The molecule has 0 saturated carbocycles. The Balaban J connectivity index is 1.74. The van der Waals surface area contributed by atoms with Gasteiger partial charge in [-0.1, -0.05) is 11.6 Å². The number of hydrogen-bond acceptors (Lipinski definition) is 5. The predicted molar refractivity (Wildman–Crippen MR) is 85.6 cm³/mol. The third-order valence-electron chi connectivity index (χ3n) is 3.94. The van der Waals surface area contributed by atoms with E-state index in [9.17, 15) is 8.42 Å². The van der Waals surface area contributed by atoms with Gasteiger partial charge in [-0.05, 0) is 31.4 Å². The molecule has 0 spiro atoms. The second-order valence-corrected chi connectivity index (χ2v) is 9.20. The van der Waals surface area contributed by atoms with Crippen LogP contribution in [0.3, 0.4) is 0 Å². The Morgan fingerprint density at radius 3 is 2.91 bits per heavy atom. The van der Waals surface area contributed by atoms with Crippen LogP contribution in [0.25, 0.3) is 0 Å². The van der Waals surface area contributed by atoms with Crippen molar-refractivity contribution in [2.45, 2.75) is 35.9 Å². The fourth-order valence-corrected chi connectivity index (χ4v) is 6.13. The minimum Gasteiger partial charge on any atom is -0.321 e. The molecule has 1 saturated heterocycles. The van der Waals surface area contributed by atoms with Gasteiger partial charge < -0.3 is 4.57 Å². The molecule has 2 aromatic heterocycles. The maximum absolute atomic E-state index is 12.7. The molecule has 6 nitrogen and oxygen atoms in total. The Bertz CT molecular complexity index is 756. The molecule has 1 aliphatic heterocycles. The number of sulfonamides is 1. The smallest absolute Gasteiger partial charge is 0.252 e. The van der Waals surface area contributed by atoms with Gasteiger partial charge in [-0.2, -0.15) is 4.31 Å². The molecule has 1 aliphatic rings. The van der Waals surface area contributed by atoms with Gasteiger partial charge in [0.05, 0.1) is 4.34 Å². The van der Waals surface area contributed by atoms with E-state index in [0.29, 0.717) is 15.1 Å². The third-order valence-corrected chi connectivity index (χ3v) is 7.59. The van der Waals surface area contributed by atoms with Gasteiger partial charge in [0.2, 0.25) is 0 Å². The van der Waals surface area contributed by atoms with Crippen LogP contribution >= 0.6 is 22.9 Å². The van der Waals surface area contributed by atoms with Crippen molar-refractivity contribution in [1.82, 2.24) is 19.1 Å². The zero-order chi connectivity index (χ0) is 15.7. The quantitative estimate of drug-likeness (QED) is 0.820. The lowest BCUT2D eigenvalue weighted by Crippen LogP contribution is -2.35. The normalized spacial score (nSPS) is 19.8. The summed E-state index contributed by atoms with van der Waals surface area (Å²) in [5.74, 6) is 0.878. The number of aryl methyl sites for hydroxylation is 2. The highest BCUT2D eigenvalue weighted by Crippen LogP contribution is 2.33. The first kappa shape index (κ1) is 15.9. The predicted octanol–water partition coefficient (Wildman–Crippen LogP) is 2.32. The maximum atomic E-state index is 12.7. The van der Waals surface area contributed by atoms with E-state index in [2.05, 4.69) is 10.2 Å². The van der Waals surface area contributed by atoms with Crippen LogP contribution in [-0.2, 0) is 23.5 Å². The van der Waals surface area contributed by atoms with Crippen molar-refractivity contribution in [1.29, 1.82) is 0 Å². The van der Waals surface area contributed by atoms with Crippen LogP contribution in [-0.4, -0.2) is 40.1 Å². The Labute approximate surface area is 138 Å². The second-order valence-electron chi connectivity index (χ2n) is 5.37. The lowest BCUT2D eigenvalue weighted by Gasteiger charge is -2.23. The molecule has 1 fully saturated rings. The van der Waals surface area contributed by atoms with E-state index in [4.69, 9.17) is 11.6 Å². The molecule has 1 atom stereocenters. The summed E-state index contributed by atoms with van der Waals surface area (Å²) < 4.78 is 29.8. The van der Waals surface area contributed by atoms with Crippen molar-refractivity contribution in [2.75, 3.05) is 6.54 Å². The van der Waals surface area contributed by atoms with Crippen molar-refractivity contribution in [3.8, 4) is 0 Å². The summed E-state index contributed by atoms with van der Waals surface area (Å²) in [5, 5.41) is 7.91. The van der Waals surface area contributed by atoms with Crippen LogP contribution in [0.5, 0.6) is 0 Å². The lowest BCUT2D eigenvalue weighted by atomic mass is 10.1. The van der Waals surface area contributed by atoms with Gasteiger partial charge in [-0.3, -0.25) is 0 Å². The van der Waals surface area contributed by atoms with E-state index in [0.717, 1.165) is 42.8 Å². The third kappa shape index (κ3) is 3.05. The molecule has 3 rings (SSSR count). The van der Waals surface area contributed by atoms with Crippen LogP contribution in [0, 0.1) is 0 Å². The Morgan fingerprint density at radius 1 is 1.45 bits per heavy atom. The highest BCUT2D eigenvalue weighted by atomic mass is 35.5. The molecule has 1 unspecified atom stereocenters. The Kier molecular flexibility index (Phi) is 4.54. The number of thiophene rings is 1. The van der Waals surface area contributed by atoms with Gasteiger partial charge in [-0.15, -0.1) is 21.5 Å². The standard InChI is InChI=1S/C13H17ClN4O2S2/c1-17-9-15-16-12(17)6-4-10-3-2-8-18(10)22(19,20)13-7-5-11(14)21-13/h5,7,9-10H,2-4,6,8H2,1H3. The van der Waals surface area contributed by atoms with Crippen molar-refractivity contribution in [3.63, 3.8) is 0 Å². The minimum atomic E-state index is -3.44. The van der Waals surface area contributed by atoms with Crippen LogP contribution in [0.2, 0.25) is 4.34 Å². The van der Waals surface area contributed by atoms with Crippen LogP contribution in [0.4, 0.5) is 0 Å². The summed E-state index contributed by atoms with van der Waals surface area (Å²) in [7, 11) is -1.55. The number of nitrogens with zero attached hydrogens (tertiary/aromatic N) is 4. The number of aromatic nitrogens is 3. The topological polar surface area (TPSA) is 68.1 Å². The number of rotatable bonds is 5. The van der Waals surface area contributed by atoms with Crippen LogP contribution < -0.4 is 0 Å². The van der Waals surface area contributed by atoms with E-state index >= 15 is 0 Å². The van der Waals surface area contributed by atoms with E-state index < -0.39 is 10.0 Å². The monoisotopic (exact) mass is 360 g/mol. The highest BCUT2D eigenvalue weighted by molar-refractivity contribution is 7.91. The Hall–Kier alpha value is -0.960. The molecule has 9 heteroatoms. The molecule has 0 aliphatic carbocycles. The summed E-state index contributed by atoms with van der Waals surface area (Å²) >= 11 is 6.98. The first-order valence-electron chi connectivity index (χ1n) is 7.08. The summed E-state index contributed by atoms with van der Waals surface area (Å²) in [5.41, 5.74) is 0. The molecule has 3 heterocycles. The van der Waals surface area contributed by atoms with Crippen molar-refractivity contribution in [2.24, 2.45) is 7.05 Å². The average Bonchev–Trinajstić information content (AvgIpc) is 3.17. The Morgan fingerprint density at radius 2 is 2.27 bits per heavy atom. The van der Waals surface area contributed by atoms with E-state index in [-0.39, 0.29) is 6.04 Å². The highest BCUT2D eigenvalue weighted by Gasteiger charge is 2.35.